The van der Waals surface area contributed by atoms with Crippen molar-refractivity contribution in [1.82, 2.24) is 4.90 Å². The van der Waals surface area contributed by atoms with E-state index in [0.717, 1.165) is 37.6 Å². The maximum absolute atomic E-state index is 5.95. The highest BCUT2D eigenvalue weighted by molar-refractivity contribution is 6.30. The molecule has 0 saturated heterocycles. The van der Waals surface area contributed by atoms with Crippen LogP contribution in [0.25, 0.3) is 0 Å². The number of hydrogen-bond donors (Lipinski definition) is 1. The van der Waals surface area contributed by atoms with Gasteiger partial charge in [-0.15, -0.1) is 0 Å². The number of aryl methyl sites for hydroxylation is 1. The van der Waals surface area contributed by atoms with Gasteiger partial charge in [0.1, 0.15) is 0 Å². The molecule has 0 saturated carbocycles. The summed E-state index contributed by atoms with van der Waals surface area (Å²) in [4.78, 5) is 2.44. The SMILES string of the molecule is Cc1cccc(CN(CCCN)Cc2ccc(Cl)cc2)c1. The molecule has 0 aromatic heterocycles. The van der Waals surface area contributed by atoms with E-state index in [9.17, 15) is 0 Å². The van der Waals surface area contributed by atoms with Gasteiger partial charge in [0.05, 0.1) is 0 Å². The number of nitrogens with two attached hydrogens (primary N) is 1. The van der Waals surface area contributed by atoms with Gasteiger partial charge in [0.25, 0.3) is 0 Å². The van der Waals surface area contributed by atoms with E-state index in [0.29, 0.717) is 0 Å². The van der Waals surface area contributed by atoms with Crippen molar-refractivity contribution >= 4 is 11.6 Å². The Morgan fingerprint density at radius 3 is 2.38 bits per heavy atom. The van der Waals surface area contributed by atoms with E-state index in [1.165, 1.54) is 16.7 Å². The molecule has 21 heavy (non-hydrogen) atoms. The van der Waals surface area contributed by atoms with Gasteiger partial charge in [0.2, 0.25) is 0 Å². The minimum absolute atomic E-state index is 0.727. The normalized spacial score (nSPS) is 11.0. The van der Waals surface area contributed by atoms with Crippen molar-refractivity contribution in [3.8, 4) is 0 Å². The molecule has 0 aliphatic rings. The standard InChI is InChI=1S/C18H23ClN2/c1-15-4-2-5-17(12-15)14-21(11-3-10-20)13-16-6-8-18(19)9-7-16/h2,4-9,12H,3,10-11,13-14,20H2,1H3. The van der Waals surface area contributed by atoms with E-state index in [-0.39, 0.29) is 0 Å². The molecule has 2 aromatic rings. The second-order valence-electron chi connectivity index (χ2n) is 5.47. The predicted octanol–water partition coefficient (Wildman–Crippen LogP) is 4.00. The van der Waals surface area contributed by atoms with Gasteiger partial charge in [-0.3, -0.25) is 4.90 Å². The first kappa shape index (κ1) is 16.0. The molecular weight excluding hydrogens is 280 g/mol. The maximum Gasteiger partial charge on any atom is 0.0406 e. The molecule has 3 heteroatoms. The van der Waals surface area contributed by atoms with Gasteiger partial charge in [-0.25, -0.2) is 0 Å². The average molecular weight is 303 g/mol. The summed E-state index contributed by atoms with van der Waals surface area (Å²) in [5, 5.41) is 0.783. The summed E-state index contributed by atoms with van der Waals surface area (Å²) in [6, 6.07) is 16.8. The van der Waals surface area contributed by atoms with Crippen molar-refractivity contribution in [2.75, 3.05) is 13.1 Å². The third kappa shape index (κ3) is 5.50. The van der Waals surface area contributed by atoms with Crippen LogP contribution in [0.4, 0.5) is 0 Å². The second-order valence-corrected chi connectivity index (χ2v) is 5.90. The van der Waals surface area contributed by atoms with E-state index in [4.69, 9.17) is 17.3 Å². The van der Waals surface area contributed by atoms with Crippen LogP contribution in [0.1, 0.15) is 23.1 Å². The Labute approximate surface area is 132 Å². The van der Waals surface area contributed by atoms with Gasteiger partial charge in [0.15, 0.2) is 0 Å². The van der Waals surface area contributed by atoms with E-state index in [1.807, 2.05) is 12.1 Å². The fourth-order valence-corrected chi connectivity index (χ4v) is 2.57. The molecule has 112 valence electrons. The highest BCUT2D eigenvalue weighted by Crippen LogP contribution is 2.14. The van der Waals surface area contributed by atoms with Crippen molar-refractivity contribution < 1.29 is 0 Å². The number of rotatable bonds is 7. The monoisotopic (exact) mass is 302 g/mol. The van der Waals surface area contributed by atoms with E-state index < -0.39 is 0 Å². The molecule has 0 atom stereocenters. The third-order valence-corrected chi connectivity index (χ3v) is 3.74. The molecule has 0 unspecified atom stereocenters. The Hall–Kier alpha value is -1.35. The van der Waals surface area contributed by atoms with Crippen LogP contribution >= 0.6 is 11.6 Å². The zero-order valence-electron chi connectivity index (χ0n) is 12.6. The van der Waals surface area contributed by atoms with Crippen LogP contribution < -0.4 is 5.73 Å². The first-order chi connectivity index (χ1) is 10.2. The Kier molecular flexibility index (Phi) is 6.24. The molecule has 0 fully saturated rings. The predicted molar refractivity (Wildman–Crippen MR) is 90.4 cm³/mol. The lowest BCUT2D eigenvalue weighted by atomic mass is 10.1. The summed E-state index contributed by atoms with van der Waals surface area (Å²) < 4.78 is 0. The highest BCUT2D eigenvalue weighted by atomic mass is 35.5. The average Bonchev–Trinajstić information content (AvgIpc) is 2.47. The van der Waals surface area contributed by atoms with E-state index in [2.05, 4.69) is 48.2 Å². The van der Waals surface area contributed by atoms with Crippen molar-refractivity contribution in [1.29, 1.82) is 0 Å². The summed E-state index contributed by atoms with van der Waals surface area (Å²) in [5.74, 6) is 0. The molecule has 0 aliphatic heterocycles. The van der Waals surface area contributed by atoms with Crippen molar-refractivity contribution in [2.24, 2.45) is 5.73 Å². The Bertz CT molecular complexity index is 551. The quantitative estimate of drug-likeness (QED) is 0.837. The van der Waals surface area contributed by atoms with Crippen LogP contribution in [0, 0.1) is 6.92 Å². The molecule has 0 heterocycles. The molecule has 0 spiro atoms. The van der Waals surface area contributed by atoms with Gasteiger partial charge in [0, 0.05) is 24.7 Å². The Balaban J connectivity index is 2.04. The lowest BCUT2D eigenvalue weighted by Gasteiger charge is -2.22. The summed E-state index contributed by atoms with van der Waals surface area (Å²) in [6.45, 7) is 5.74. The van der Waals surface area contributed by atoms with Crippen molar-refractivity contribution in [3.05, 3.63) is 70.2 Å². The number of nitrogens with zero attached hydrogens (tertiary/aromatic N) is 1. The zero-order chi connectivity index (χ0) is 15.1. The van der Waals surface area contributed by atoms with Gasteiger partial charge in [-0.1, -0.05) is 53.6 Å². The number of benzene rings is 2. The zero-order valence-corrected chi connectivity index (χ0v) is 13.3. The second kappa shape index (κ2) is 8.18. The first-order valence-corrected chi connectivity index (χ1v) is 7.77. The van der Waals surface area contributed by atoms with Gasteiger partial charge < -0.3 is 5.73 Å². The number of halogens is 1. The number of hydrogen-bond acceptors (Lipinski definition) is 2. The molecule has 2 rings (SSSR count). The molecule has 2 nitrogen and oxygen atoms in total. The van der Waals surface area contributed by atoms with Crippen molar-refractivity contribution in [3.63, 3.8) is 0 Å². The van der Waals surface area contributed by atoms with Crippen molar-refractivity contribution in [2.45, 2.75) is 26.4 Å². The third-order valence-electron chi connectivity index (χ3n) is 3.49. The van der Waals surface area contributed by atoms with Crippen LogP contribution in [0.3, 0.4) is 0 Å². The Morgan fingerprint density at radius 1 is 1.00 bits per heavy atom. The van der Waals surface area contributed by atoms with Crippen LogP contribution in [-0.4, -0.2) is 18.0 Å². The molecular formula is C18H23ClN2. The highest BCUT2D eigenvalue weighted by Gasteiger charge is 2.07. The largest absolute Gasteiger partial charge is 0.330 e. The van der Waals surface area contributed by atoms with E-state index >= 15 is 0 Å². The summed E-state index contributed by atoms with van der Waals surface area (Å²) in [5.41, 5.74) is 9.60. The fourth-order valence-electron chi connectivity index (χ4n) is 2.45. The summed E-state index contributed by atoms with van der Waals surface area (Å²) in [7, 11) is 0. The van der Waals surface area contributed by atoms with Crippen LogP contribution in [0.2, 0.25) is 5.02 Å². The minimum atomic E-state index is 0.727. The fraction of sp³-hybridized carbons (Fsp3) is 0.333. The molecule has 2 aromatic carbocycles. The van der Waals surface area contributed by atoms with Gasteiger partial charge in [-0.2, -0.15) is 0 Å². The molecule has 0 radical (unpaired) electrons. The molecule has 2 N–H and O–H groups in total. The maximum atomic E-state index is 5.95. The smallest absolute Gasteiger partial charge is 0.0406 e. The lowest BCUT2D eigenvalue weighted by molar-refractivity contribution is 0.255. The summed E-state index contributed by atoms with van der Waals surface area (Å²) >= 11 is 5.95. The minimum Gasteiger partial charge on any atom is -0.330 e. The van der Waals surface area contributed by atoms with Crippen LogP contribution in [0.5, 0.6) is 0 Å². The van der Waals surface area contributed by atoms with E-state index in [1.54, 1.807) is 0 Å². The molecule has 0 bridgehead atoms. The van der Waals surface area contributed by atoms with Gasteiger partial charge in [-0.05, 0) is 43.1 Å². The Morgan fingerprint density at radius 2 is 1.71 bits per heavy atom. The first-order valence-electron chi connectivity index (χ1n) is 7.40. The molecule has 0 aliphatic carbocycles. The van der Waals surface area contributed by atoms with Crippen LogP contribution in [-0.2, 0) is 13.1 Å². The topological polar surface area (TPSA) is 29.3 Å². The van der Waals surface area contributed by atoms with Gasteiger partial charge >= 0.3 is 0 Å². The van der Waals surface area contributed by atoms with Crippen LogP contribution in [0.15, 0.2) is 48.5 Å². The molecule has 0 amide bonds. The summed E-state index contributed by atoms with van der Waals surface area (Å²) in [6.07, 6.45) is 1.01. The lowest BCUT2D eigenvalue weighted by Crippen LogP contribution is -2.25.